The summed E-state index contributed by atoms with van der Waals surface area (Å²) in [5.41, 5.74) is 4.46. The van der Waals surface area contributed by atoms with E-state index < -0.39 is 29.7 Å². The number of carboxylic acid groups (broad SMARTS) is 2. The third-order valence-corrected chi connectivity index (χ3v) is 8.89. The highest BCUT2D eigenvalue weighted by molar-refractivity contribution is 6.31. The Balaban J connectivity index is 0.000000281. The molecule has 5 aromatic rings. The molecular formula is C31H29N3O8. The number of hydrogen-bond acceptors (Lipinski definition) is 6. The minimum Gasteiger partial charge on any atom is -0.481 e. The molecule has 1 saturated heterocycles. The van der Waals surface area contributed by atoms with Gasteiger partial charge in [0.05, 0.1) is 34.1 Å². The molecule has 216 valence electrons. The number of fused-ring (bicyclic) bond motifs is 13. The van der Waals surface area contributed by atoms with E-state index in [1.807, 2.05) is 37.3 Å². The van der Waals surface area contributed by atoms with Crippen molar-refractivity contribution in [3.63, 3.8) is 0 Å². The normalized spacial score (nSPS) is 23.8. The zero-order valence-corrected chi connectivity index (χ0v) is 23.0. The Morgan fingerprint density at radius 2 is 1.62 bits per heavy atom. The number of nitrogens with one attached hydrogen (secondary N) is 1. The molecule has 0 aliphatic carbocycles. The maximum absolute atomic E-state index is 13.2. The van der Waals surface area contributed by atoms with Gasteiger partial charge < -0.3 is 39.2 Å². The minimum atomic E-state index is -1.53. The van der Waals surface area contributed by atoms with Gasteiger partial charge in [0.25, 0.3) is 5.91 Å². The molecule has 4 N–H and O–H groups in total. The van der Waals surface area contributed by atoms with Gasteiger partial charge >= 0.3 is 11.9 Å². The number of benzene rings is 3. The molecule has 42 heavy (non-hydrogen) atoms. The van der Waals surface area contributed by atoms with Crippen LogP contribution >= 0.6 is 0 Å². The van der Waals surface area contributed by atoms with Crippen molar-refractivity contribution < 1.29 is 39.2 Å². The number of amides is 1. The van der Waals surface area contributed by atoms with Crippen molar-refractivity contribution in [1.82, 2.24) is 14.5 Å². The number of hydrogen-bond donors (Lipinski definition) is 4. The molecule has 11 nitrogen and oxygen atoms in total. The van der Waals surface area contributed by atoms with Crippen LogP contribution in [0.15, 0.2) is 48.5 Å². The van der Waals surface area contributed by atoms with E-state index in [1.165, 1.54) is 7.11 Å². The summed E-state index contributed by atoms with van der Waals surface area (Å²) in [4.78, 5) is 32.8. The molecule has 1 fully saturated rings. The lowest BCUT2D eigenvalue weighted by molar-refractivity contribution is -0.285. The predicted octanol–water partition coefficient (Wildman–Crippen LogP) is 4.41. The van der Waals surface area contributed by atoms with Crippen molar-refractivity contribution in [2.45, 2.75) is 56.9 Å². The predicted molar refractivity (Wildman–Crippen MR) is 153 cm³/mol. The highest BCUT2D eigenvalue weighted by Gasteiger charge is 2.61. The number of ether oxygens (including phenoxy) is 2. The summed E-state index contributed by atoms with van der Waals surface area (Å²) in [6.45, 7) is 2.38. The molecule has 0 spiro atoms. The first-order chi connectivity index (χ1) is 20.1. The lowest BCUT2D eigenvalue weighted by atomic mass is 9.96. The molecule has 3 aromatic carbocycles. The Bertz CT molecular complexity index is 1980. The third kappa shape index (κ3) is 3.35. The first-order valence-corrected chi connectivity index (χ1v) is 13.8. The molecule has 5 heterocycles. The standard InChI is InChI=1S/C26H21N3O4.C5H8O4/c1-25-26(31,32-2)11-18(33-25)28-16-9-5-3-7-13(16)20-21-15(12-27-24(21)30)19-14-8-4-6-10-17(14)29(25)23(19)22(20)28;6-4(7)2-1-3-5(8)9/h3-10,18,31H,11-12H2,1-2H3,(H,27,30);1-3H2,(H,6,7)(H,8,9)/t18-,25+,26+;/m1./s1. The maximum Gasteiger partial charge on any atom is 0.303 e. The molecule has 8 rings (SSSR count). The number of aliphatic hydroxyl groups is 1. The van der Waals surface area contributed by atoms with Crippen LogP contribution in [0.5, 0.6) is 0 Å². The summed E-state index contributed by atoms with van der Waals surface area (Å²) in [6.07, 6.45) is -0.0972. The van der Waals surface area contributed by atoms with Crippen molar-refractivity contribution in [3.8, 4) is 0 Å². The van der Waals surface area contributed by atoms with Crippen LogP contribution in [0.4, 0.5) is 0 Å². The largest absolute Gasteiger partial charge is 0.481 e. The molecule has 3 aliphatic heterocycles. The molecule has 0 unspecified atom stereocenters. The third-order valence-electron chi connectivity index (χ3n) is 8.89. The summed E-state index contributed by atoms with van der Waals surface area (Å²) in [6, 6.07) is 16.3. The molecular weight excluding hydrogens is 542 g/mol. The fraction of sp³-hybridized carbons (Fsp3) is 0.323. The van der Waals surface area contributed by atoms with Crippen molar-refractivity contribution >= 4 is 61.5 Å². The first kappa shape index (κ1) is 26.4. The molecule has 2 bridgehead atoms. The Morgan fingerprint density at radius 3 is 2.26 bits per heavy atom. The van der Waals surface area contributed by atoms with Crippen molar-refractivity contribution in [2.24, 2.45) is 0 Å². The van der Waals surface area contributed by atoms with Gasteiger partial charge in [-0.3, -0.25) is 14.4 Å². The SMILES string of the molecule is CO[C@@]1(O)C[C@H]2O[C@]1(C)n1c3ccccc3c3c4c(c5c6ccccc6n2c5c31)C(=O)NC4.O=C(O)CCCC(=O)O. The zero-order chi connectivity index (χ0) is 29.6. The summed E-state index contributed by atoms with van der Waals surface area (Å²) in [5, 5.41) is 34.9. The van der Waals surface area contributed by atoms with Gasteiger partial charge in [-0.2, -0.15) is 0 Å². The van der Waals surface area contributed by atoms with Gasteiger partial charge in [0.1, 0.15) is 6.23 Å². The molecule has 2 aromatic heterocycles. The van der Waals surface area contributed by atoms with Crippen LogP contribution in [-0.4, -0.2) is 55.2 Å². The van der Waals surface area contributed by atoms with Gasteiger partial charge in [-0.25, -0.2) is 0 Å². The lowest BCUT2D eigenvalue weighted by Crippen LogP contribution is -2.51. The van der Waals surface area contributed by atoms with E-state index in [1.54, 1.807) is 0 Å². The topological polar surface area (TPSA) is 152 Å². The van der Waals surface area contributed by atoms with Crippen LogP contribution in [0.25, 0.3) is 43.6 Å². The molecule has 1 amide bonds. The van der Waals surface area contributed by atoms with E-state index in [9.17, 15) is 19.5 Å². The van der Waals surface area contributed by atoms with Gasteiger partial charge in [0.15, 0.2) is 5.72 Å². The second kappa shape index (κ2) is 9.02. The van der Waals surface area contributed by atoms with Crippen molar-refractivity contribution in [2.75, 3.05) is 7.11 Å². The number of carbonyl (C=O) groups excluding carboxylic acids is 1. The Hall–Kier alpha value is -4.45. The molecule has 11 heteroatoms. The smallest absolute Gasteiger partial charge is 0.303 e. The van der Waals surface area contributed by atoms with Gasteiger partial charge in [-0.1, -0.05) is 36.4 Å². The van der Waals surface area contributed by atoms with Crippen LogP contribution in [-0.2, 0) is 31.3 Å². The lowest BCUT2D eigenvalue weighted by Gasteiger charge is -2.38. The van der Waals surface area contributed by atoms with E-state index in [2.05, 4.69) is 32.7 Å². The second-order valence-electron chi connectivity index (χ2n) is 11.1. The van der Waals surface area contributed by atoms with Gasteiger partial charge in [-0.15, -0.1) is 0 Å². The van der Waals surface area contributed by atoms with E-state index >= 15 is 0 Å². The number of methoxy groups -OCH3 is 1. The fourth-order valence-electron chi connectivity index (χ4n) is 7.08. The van der Waals surface area contributed by atoms with E-state index in [0.717, 1.165) is 54.7 Å². The summed E-state index contributed by atoms with van der Waals surface area (Å²) in [7, 11) is 1.53. The number of aromatic nitrogens is 2. The van der Waals surface area contributed by atoms with Gasteiger partial charge in [-0.05, 0) is 31.0 Å². The van der Waals surface area contributed by atoms with Gasteiger partial charge in [0.2, 0.25) is 5.79 Å². The first-order valence-electron chi connectivity index (χ1n) is 13.8. The fourth-order valence-corrected chi connectivity index (χ4v) is 7.08. The number of carbonyl (C=O) groups is 3. The number of aliphatic carboxylic acids is 2. The van der Waals surface area contributed by atoms with Crippen molar-refractivity contribution in [1.29, 1.82) is 0 Å². The molecule has 0 radical (unpaired) electrons. The van der Waals surface area contributed by atoms with Crippen LogP contribution in [0.1, 0.15) is 54.8 Å². The Kier molecular flexibility index (Phi) is 5.68. The van der Waals surface area contributed by atoms with Gasteiger partial charge in [0, 0.05) is 48.0 Å². The minimum absolute atomic E-state index is 0.0402. The highest BCUT2D eigenvalue weighted by atomic mass is 16.7. The monoisotopic (exact) mass is 571 g/mol. The molecule has 3 atom stereocenters. The van der Waals surface area contributed by atoms with Crippen molar-refractivity contribution in [3.05, 3.63) is 59.7 Å². The van der Waals surface area contributed by atoms with E-state index in [0.29, 0.717) is 6.54 Å². The molecule has 3 aliphatic rings. The Morgan fingerprint density at radius 1 is 1.00 bits per heavy atom. The maximum atomic E-state index is 13.2. The number of para-hydroxylation sites is 2. The van der Waals surface area contributed by atoms with Crippen LogP contribution in [0, 0.1) is 0 Å². The summed E-state index contributed by atoms with van der Waals surface area (Å²) in [5.74, 6) is -3.47. The van der Waals surface area contributed by atoms with E-state index in [-0.39, 0.29) is 31.6 Å². The quantitative estimate of drug-likeness (QED) is 0.226. The van der Waals surface area contributed by atoms with Crippen LogP contribution in [0.3, 0.4) is 0 Å². The number of carboxylic acids is 2. The second-order valence-corrected chi connectivity index (χ2v) is 11.1. The highest BCUT2D eigenvalue weighted by Crippen LogP contribution is 2.57. The molecule has 0 saturated carbocycles. The van der Waals surface area contributed by atoms with Crippen LogP contribution < -0.4 is 5.32 Å². The number of nitrogens with zero attached hydrogens (tertiary/aromatic N) is 2. The zero-order valence-electron chi connectivity index (χ0n) is 23.0. The summed E-state index contributed by atoms with van der Waals surface area (Å²) < 4.78 is 16.7. The van der Waals surface area contributed by atoms with E-state index in [4.69, 9.17) is 19.7 Å². The van der Waals surface area contributed by atoms with Crippen LogP contribution in [0.2, 0.25) is 0 Å². The average Bonchev–Trinajstić information content (AvgIpc) is 3.65. The number of rotatable bonds is 5. The summed E-state index contributed by atoms with van der Waals surface area (Å²) >= 11 is 0. The Labute approximate surface area is 238 Å². The average molecular weight is 572 g/mol.